The third-order valence-electron chi connectivity index (χ3n) is 0.231. The smallest absolute Gasteiger partial charge is 0.214 e. The van der Waals surface area contributed by atoms with Crippen LogP contribution in [0.5, 0.6) is 0 Å². The second-order valence-corrected chi connectivity index (χ2v) is 2.29. The van der Waals surface area contributed by atoms with Crippen molar-refractivity contribution in [3.63, 3.8) is 0 Å². The van der Waals surface area contributed by atoms with E-state index in [1.165, 1.54) is 4.72 Å². The van der Waals surface area contributed by atoms with Crippen LogP contribution in [0.1, 0.15) is 0 Å². The Bertz CT molecular complexity index is 180. The summed E-state index contributed by atoms with van der Waals surface area (Å²) >= 11 is 0. The van der Waals surface area contributed by atoms with Gasteiger partial charge in [-0.25, -0.2) is 5.14 Å². The summed E-state index contributed by atoms with van der Waals surface area (Å²) in [6.45, 7) is 0. The Hall–Kier alpha value is -0.340. The molecule has 1 radical (unpaired) electrons. The molecule has 55 valence electrons. The molecular weight excluding hydrogens is 161 g/mol. The summed E-state index contributed by atoms with van der Waals surface area (Å²) in [6.07, 6.45) is -5.10. The van der Waals surface area contributed by atoms with Gasteiger partial charge in [0.2, 0.25) is 0 Å². The summed E-state index contributed by atoms with van der Waals surface area (Å²) in [5.74, 6) is 0. The average molecular weight is 163 g/mol. The third kappa shape index (κ3) is 7.66. The molecule has 0 aromatic heterocycles. The van der Waals surface area contributed by atoms with Gasteiger partial charge in [0.15, 0.2) is 0 Å². The first kappa shape index (κ1) is 8.66. The molecule has 0 saturated heterocycles. The number of hydrogen-bond donors (Lipinski definition) is 1. The third-order valence-corrected chi connectivity index (χ3v) is 0.692. The monoisotopic (exact) mass is 163 g/mol. The van der Waals surface area contributed by atoms with Crippen molar-refractivity contribution >= 4 is 10.2 Å². The maximum atomic E-state index is 10.9. The maximum Gasteiger partial charge on any atom is 0.489 e. The summed E-state index contributed by atoms with van der Waals surface area (Å²) in [7, 11) is -4.78. The molecule has 0 aliphatic carbocycles. The minimum absolute atomic E-state index is 1.29. The van der Waals surface area contributed by atoms with Gasteiger partial charge in [-0.3, -0.25) is 0 Å². The first-order valence-electron chi connectivity index (χ1n) is 1.54. The second kappa shape index (κ2) is 2.12. The minimum atomic E-state index is -5.10. The largest absolute Gasteiger partial charge is 0.489 e. The van der Waals surface area contributed by atoms with Gasteiger partial charge in [-0.15, -0.1) is 0 Å². The van der Waals surface area contributed by atoms with Crippen LogP contribution in [-0.2, 0) is 10.2 Å². The Morgan fingerprint density at radius 3 is 1.67 bits per heavy atom. The Kier molecular flexibility index (Phi) is 2.04. The lowest BCUT2D eigenvalue weighted by molar-refractivity contribution is -0.140. The average Bonchev–Trinajstić information content (AvgIpc) is 1.14. The van der Waals surface area contributed by atoms with Crippen LogP contribution in [0.25, 0.3) is 0 Å². The van der Waals surface area contributed by atoms with Crippen LogP contribution in [0.4, 0.5) is 13.2 Å². The number of hydrogen-bond acceptors (Lipinski definition) is 2. The fourth-order valence-corrected chi connectivity index (χ4v) is 0.433. The number of nitrogens with two attached hydrogens (primary N) is 1. The Labute approximate surface area is 49.0 Å². The van der Waals surface area contributed by atoms with Gasteiger partial charge < -0.3 is 0 Å². The van der Waals surface area contributed by atoms with Gasteiger partial charge in [0.1, 0.15) is 0 Å². The molecule has 0 rings (SSSR count). The van der Waals surface area contributed by atoms with E-state index in [9.17, 15) is 21.6 Å². The van der Waals surface area contributed by atoms with Gasteiger partial charge in [0, 0.05) is 0 Å². The van der Waals surface area contributed by atoms with Crippen molar-refractivity contribution in [2.45, 2.75) is 6.30 Å². The molecule has 0 unspecified atom stereocenters. The second-order valence-electron chi connectivity index (χ2n) is 1.07. The topological polar surface area (TPSA) is 74.3 Å². The normalized spacial score (nSPS) is 13.8. The molecule has 0 atom stereocenters. The predicted molar refractivity (Wildman–Crippen MR) is 21.3 cm³/mol. The zero-order valence-corrected chi connectivity index (χ0v) is 4.70. The molecule has 2 N–H and O–H groups in total. The Morgan fingerprint density at radius 1 is 1.33 bits per heavy atom. The van der Waals surface area contributed by atoms with E-state index in [-0.39, 0.29) is 0 Å². The molecular formula is CH2F3N2O2S. The molecule has 0 aliphatic rings. The number of alkyl halides is 3. The van der Waals surface area contributed by atoms with Crippen molar-refractivity contribution in [1.82, 2.24) is 4.72 Å². The minimum Gasteiger partial charge on any atom is -0.214 e. The molecule has 0 aliphatic heterocycles. The molecule has 0 spiro atoms. The molecule has 0 heterocycles. The summed E-state index contributed by atoms with van der Waals surface area (Å²) in [5.41, 5.74) is 0. The van der Waals surface area contributed by atoms with E-state index in [0.29, 0.717) is 0 Å². The zero-order chi connectivity index (χ0) is 7.71. The van der Waals surface area contributed by atoms with Gasteiger partial charge >= 0.3 is 6.30 Å². The van der Waals surface area contributed by atoms with Crippen molar-refractivity contribution in [3.05, 3.63) is 0 Å². The summed E-state index contributed by atoms with van der Waals surface area (Å²) in [4.78, 5) is 0. The van der Waals surface area contributed by atoms with Crippen LogP contribution in [0.2, 0.25) is 0 Å². The quantitative estimate of drug-likeness (QED) is 0.519. The van der Waals surface area contributed by atoms with E-state index in [2.05, 4.69) is 5.14 Å². The fraction of sp³-hybridized carbons (Fsp3) is 1.00. The molecule has 0 amide bonds. The van der Waals surface area contributed by atoms with Crippen molar-refractivity contribution < 1.29 is 21.6 Å². The lowest BCUT2D eigenvalue weighted by atomic mass is 11.3. The van der Waals surface area contributed by atoms with E-state index in [1.54, 1.807) is 0 Å². The molecule has 0 saturated carbocycles. The molecule has 9 heavy (non-hydrogen) atoms. The highest BCUT2D eigenvalue weighted by Crippen LogP contribution is 2.11. The summed E-state index contributed by atoms with van der Waals surface area (Å²) in [6, 6.07) is 0. The predicted octanol–water partition coefficient (Wildman–Crippen LogP) is -0.686. The van der Waals surface area contributed by atoms with Gasteiger partial charge in [0.05, 0.1) is 0 Å². The SMILES string of the molecule is NS(=O)(=O)[N]C(F)(F)F. The molecule has 0 aromatic carbocycles. The van der Waals surface area contributed by atoms with E-state index < -0.39 is 16.5 Å². The Balaban J connectivity index is 4.07. The van der Waals surface area contributed by atoms with Crippen LogP contribution >= 0.6 is 0 Å². The standard InChI is InChI=1S/CH2F3N2O2S/c2-1(3,4)6-9(5,7)8/h(H2,5,7,8). The number of halogens is 3. The molecule has 4 nitrogen and oxygen atoms in total. The van der Waals surface area contributed by atoms with E-state index >= 15 is 0 Å². The highest BCUT2D eigenvalue weighted by Gasteiger charge is 2.34. The Morgan fingerprint density at radius 2 is 1.67 bits per heavy atom. The van der Waals surface area contributed by atoms with E-state index in [0.717, 1.165) is 0 Å². The molecule has 0 aromatic rings. The van der Waals surface area contributed by atoms with Crippen LogP contribution in [-0.4, -0.2) is 14.7 Å². The van der Waals surface area contributed by atoms with Crippen LogP contribution < -0.4 is 9.86 Å². The first-order chi connectivity index (χ1) is 3.71. The van der Waals surface area contributed by atoms with Crippen LogP contribution in [0.15, 0.2) is 0 Å². The van der Waals surface area contributed by atoms with Crippen molar-refractivity contribution in [3.8, 4) is 0 Å². The van der Waals surface area contributed by atoms with Crippen LogP contribution in [0, 0.1) is 0 Å². The van der Waals surface area contributed by atoms with Crippen molar-refractivity contribution in [1.29, 1.82) is 0 Å². The van der Waals surface area contributed by atoms with E-state index in [4.69, 9.17) is 0 Å². The molecule has 0 bridgehead atoms. The van der Waals surface area contributed by atoms with E-state index in [1.807, 2.05) is 0 Å². The number of nitrogens with zero attached hydrogens (tertiary/aromatic N) is 1. The lowest BCUT2D eigenvalue weighted by Crippen LogP contribution is -2.34. The summed E-state index contributed by atoms with van der Waals surface area (Å²) < 4.78 is 53.1. The van der Waals surface area contributed by atoms with Gasteiger partial charge in [-0.1, -0.05) is 0 Å². The lowest BCUT2D eigenvalue weighted by Gasteiger charge is -2.00. The molecule has 8 heteroatoms. The summed E-state index contributed by atoms with van der Waals surface area (Å²) in [5, 5.41) is 3.91. The van der Waals surface area contributed by atoms with Gasteiger partial charge in [0.25, 0.3) is 10.2 Å². The fourth-order valence-electron chi connectivity index (χ4n) is 0.144. The van der Waals surface area contributed by atoms with Crippen molar-refractivity contribution in [2.24, 2.45) is 5.14 Å². The van der Waals surface area contributed by atoms with Crippen molar-refractivity contribution in [2.75, 3.05) is 0 Å². The number of rotatable bonds is 1. The highest BCUT2D eigenvalue weighted by molar-refractivity contribution is 7.87. The van der Waals surface area contributed by atoms with Gasteiger partial charge in [-0.2, -0.15) is 21.6 Å². The van der Waals surface area contributed by atoms with Crippen LogP contribution in [0.3, 0.4) is 0 Å². The van der Waals surface area contributed by atoms with Gasteiger partial charge in [-0.05, 0) is 4.72 Å². The zero-order valence-electron chi connectivity index (χ0n) is 3.88. The molecule has 0 fully saturated rings. The highest BCUT2D eigenvalue weighted by atomic mass is 32.2. The first-order valence-corrected chi connectivity index (χ1v) is 3.05. The maximum absolute atomic E-state index is 10.9.